The molecule has 1 N–H and O–H groups in total. The Kier molecular flexibility index (Phi) is 5.41. The smallest absolute Gasteiger partial charge is 0.150 e. The van der Waals surface area contributed by atoms with Crippen LogP contribution in [0.1, 0.15) is 12.0 Å². The number of benzene rings is 2. The topological polar surface area (TPSA) is 46.2 Å². The van der Waals surface area contributed by atoms with Gasteiger partial charge in [-0.25, -0.2) is 8.42 Å². The van der Waals surface area contributed by atoms with E-state index in [-0.39, 0.29) is 5.92 Å². The number of hydrogen-bond acceptors (Lipinski definition) is 4. The summed E-state index contributed by atoms with van der Waals surface area (Å²) >= 11 is 1.75. The molecule has 2 aromatic rings. The van der Waals surface area contributed by atoms with E-state index < -0.39 is 9.84 Å². The summed E-state index contributed by atoms with van der Waals surface area (Å²) in [6, 6.07) is 18.9. The van der Waals surface area contributed by atoms with E-state index in [0.717, 1.165) is 19.5 Å². The highest BCUT2D eigenvalue weighted by Crippen LogP contribution is 2.27. The first kappa shape index (κ1) is 16.6. The summed E-state index contributed by atoms with van der Waals surface area (Å²) < 4.78 is 22.9. The SMILES string of the molecule is O=S1(=O)CCC(CNCc2ccc(Sc3ccccc3)cc2)C1. The third-order valence-electron chi connectivity index (χ3n) is 3.99. The molecule has 3 nitrogen and oxygen atoms in total. The van der Waals surface area contributed by atoms with Gasteiger partial charge in [0.15, 0.2) is 9.84 Å². The van der Waals surface area contributed by atoms with Crippen LogP contribution >= 0.6 is 11.8 Å². The molecule has 23 heavy (non-hydrogen) atoms. The average molecular weight is 348 g/mol. The van der Waals surface area contributed by atoms with Crippen molar-refractivity contribution in [3.8, 4) is 0 Å². The first-order valence-corrected chi connectivity index (χ1v) is 10.5. The van der Waals surface area contributed by atoms with E-state index in [1.54, 1.807) is 11.8 Å². The van der Waals surface area contributed by atoms with Gasteiger partial charge in [-0.3, -0.25) is 0 Å². The molecular weight excluding hydrogens is 326 g/mol. The van der Waals surface area contributed by atoms with E-state index in [1.807, 2.05) is 18.2 Å². The van der Waals surface area contributed by atoms with Gasteiger partial charge in [0.25, 0.3) is 0 Å². The molecule has 1 fully saturated rings. The largest absolute Gasteiger partial charge is 0.312 e. The summed E-state index contributed by atoms with van der Waals surface area (Å²) in [5.41, 5.74) is 1.23. The standard InChI is InChI=1S/C18H21NO2S2/c20-23(21)11-10-16(14-23)13-19-12-15-6-8-18(9-7-15)22-17-4-2-1-3-5-17/h1-9,16,19H,10-14H2. The minimum Gasteiger partial charge on any atom is -0.312 e. The Morgan fingerprint density at radius 3 is 2.35 bits per heavy atom. The minimum atomic E-state index is -2.77. The second-order valence-electron chi connectivity index (χ2n) is 5.96. The van der Waals surface area contributed by atoms with Gasteiger partial charge in [0.05, 0.1) is 11.5 Å². The molecule has 1 aliphatic heterocycles. The maximum absolute atomic E-state index is 11.4. The predicted molar refractivity (Wildman–Crippen MR) is 95.5 cm³/mol. The van der Waals surface area contributed by atoms with Crippen LogP contribution in [-0.2, 0) is 16.4 Å². The molecule has 3 rings (SSSR count). The molecule has 5 heteroatoms. The zero-order valence-electron chi connectivity index (χ0n) is 12.9. The Morgan fingerprint density at radius 1 is 1.00 bits per heavy atom. The molecule has 0 saturated carbocycles. The quantitative estimate of drug-likeness (QED) is 0.870. The Labute approximate surface area is 142 Å². The molecule has 0 aliphatic carbocycles. The van der Waals surface area contributed by atoms with Crippen molar-refractivity contribution in [2.75, 3.05) is 18.1 Å². The number of hydrogen-bond donors (Lipinski definition) is 1. The third-order valence-corrected chi connectivity index (χ3v) is 6.84. The monoisotopic (exact) mass is 347 g/mol. The van der Waals surface area contributed by atoms with Crippen molar-refractivity contribution in [3.05, 3.63) is 60.2 Å². The fourth-order valence-corrected chi connectivity index (χ4v) is 5.45. The maximum atomic E-state index is 11.4. The Hall–Kier alpha value is -1.30. The highest BCUT2D eigenvalue weighted by molar-refractivity contribution is 7.99. The molecule has 0 radical (unpaired) electrons. The highest BCUT2D eigenvalue weighted by atomic mass is 32.2. The van der Waals surface area contributed by atoms with Crippen LogP contribution in [0.3, 0.4) is 0 Å². The van der Waals surface area contributed by atoms with Gasteiger partial charge in [-0.1, -0.05) is 42.1 Å². The molecular formula is C18H21NO2S2. The van der Waals surface area contributed by atoms with Crippen LogP contribution in [0, 0.1) is 5.92 Å². The van der Waals surface area contributed by atoms with Crippen LogP contribution in [0.4, 0.5) is 0 Å². The molecule has 1 aliphatic rings. The molecule has 1 unspecified atom stereocenters. The lowest BCUT2D eigenvalue weighted by Crippen LogP contribution is -2.23. The summed E-state index contributed by atoms with van der Waals surface area (Å²) in [5, 5.41) is 3.38. The maximum Gasteiger partial charge on any atom is 0.150 e. The van der Waals surface area contributed by atoms with Gasteiger partial charge in [0, 0.05) is 16.3 Å². The zero-order chi connectivity index (χ0) is 16.1. The van der Waals surface area contributed by atoms with Crippen LogP contribution < -0.4 is 5.32 Å². The van der Waals surface area contributed by atoms with Crippen molar-refractivity contribution >= 4 is 21.6 Å². The Bertz CT molecular complexity index is 727. The summed E-state index contributed by atoms with van der Waals surface area (Å²) in [7, 11) is -2.77. The lowest BCUT2D eigenvalue weighted by atomic mass is 10.1. The van der Waals surface area contributed by atoms with E-state index in [4.69, 9.17) is 0 Å². The molecule has 1 atom stereocenters. The second kappa shape index (κ2) is 7.51. The number of nitrogens with one attached hydrogen (secondary N) is 1. The number of rotatable bonds is 6. The first-order chi connectivity index (χ1) is 11.1. The van der Waals surface area contributed by atoms with Gasteiger partial charge in [-0.2, -0.15) is 0 Å². The summed E-state index contributed by atoms with van der Waals surface area (Å²) in [6.45, 7) is 1.56. The first-order valence-electron chi connectivity index (χ1n) is 7.84. The zero-order valence-corrected chi connectivity index (χ0v) is 14.6. The average Bonchev–Trinajstić information content (AvgIpc) is 2.89. The van der Waals surface area contributed by atoms with Gasteiger partial charge >= 0.3 is 0 Å². The fraction of sp³-hybridized carbons (Fsp3) is 0.333. The fourth-order valence-electron chi connectivity index (χ4n) is 2.75. The van der Waals surface area contributed by atoms with Crippen LogP contribution in [0.15, 0.2) is 64.4 Å². The molecule has 0 bridgehead atoms. The normalized spacial score (nSPS) is 19.7. The van der Waals surface area contributed by atoms with Crippen LogP contribution in [0.25, 0.3) is 0 Å². The Balaban J connectivity index is 1.46. The van der Waals surface area contributed by atoms with Crippen LogP contribution in [0.5, 0.6) is 0 Å². The van der Waals surface area contributed by atoms with Gasteiger partial charge in [0.2, 0.25) is 0 Å². The summed E-state index contributed by atoms with van der Waals surface area (Å²) in [4.78, 5) is 2.46. The highest BCUT2D eigenvalue weighted by Gasteiger charge is 2.27. The van der Waals surface area contributed by atoms with Gasteiger partial charge in [-0.15, -0.1) is 0 Å². The van der Waals surface area contributed by atoms with Crippen molar-refractivity contribution < 1.29 is 8.42 Å². The van der Waals surface area contributed by atoms with Crippen LogP contribution in [0.2, 0.25) is 0 Å². The Morgan fingerprint density at radius 2 is 1.70 bits per heavy atom. The van der Waals surface area contributed by atoms with E-state index in [9.17, 15) is 8.42 Å². The van der Waals surface area contributed by atoms with E-state index in [0.29, 0.717) is 11.5 Å². The van der Waals surface area contributed by atoms with E-state index in [2.05, 4.69) is 41.7 Å². The van der Waals surface area contributed by atoms with Gasteiger partial charge in [0.1, 0.15) is 0 Å². The third kappa shape index (κ3) is 5.09. The summed E-state index contributed by atoms with van der Waals surface area (Å²) in [5.74, 6) is 0.963. The minimum absolute atomic E-state index is 0.271. The molecule has 0 aromatic heterocycles. The molecule has 0 spiro atoms. The van der Waals surface area contributed by atoms with Crippen molar-refractivity contribution in [1.29, 1.82) is 0 Å². The molecule has 122 valence electrons. The van der Waals surface area contributed by atoms with E-state index in [1.165, 1.54) is 15.4 Å². The lowest BCUT2D eigenvalue weighted by molar-refractivity contribution is 0.521. The van der Waals surface area contributed by atoms with Gasteiger partial charge in [-0.05, 0) is 48.7 Å². The van der Waals surface area contributed by atoms with Crippen molar-refractivity contribution in [3.63, 3.8) is 0 Å². The van der Waals surface area contributed by atoms with Crippen molar-refractivity contribution in [2.45, 2.75) is 22.8 Å². The molecule has 2 aromatic carbocycles. The summed E-state index contributed by atoms with van der Waals surface area (Å²) in [6.07, 6.45) is 0.794. The lowest BCUT2D eigenvalue weighted by Gasteiger charge is -2.10. The van der Waals surface area contributed by atoms with Gasteiger partial charge < -0.3 is 5.32 Å². The predicted octanol–water partition coefficient (Wildman–Crippen LogP) is 3.36. The number of sulfone groups is 1. The second-order valence-corrected chi connectivity index (χ2v) is 9.33. The molecule has 1 heterocycles. The molecule has 1 saturated heterocycles. The van der Waals surface area contributed by atoms with Crippen molar-refractivity contribution in [1.82, 2.24) is 5.32 Å². The van der Waals surface area contributed by atoms with Crippen molar-refractivity contribution in [2.24, 2.45) is 5.92 Å². The van der Waals surface area contributed by atoms with E-state index >= 15 is 0 Å². The van der Waals surface area contributed by atoms with Crippen LogP contribution in [-0.4, -0.2) is 26.5 Å². The molecule has 0 amide bonds.